The molecule has 0 aliphatic rings. The van der Waals surface area contributed by atoms with Crippen molar-refractivity contribution < 1.29 is 9.47 Å². The number of ether oxygens (including phenoxy) is 2. The first-order chi connectivity index (χ1) is 12.2. The molecule has 0 radical (unpaired) electrons. The molecule has 136 valence electrons. The van der Waals surface area contributed by atoms with Gasteiger partial charge in [-0.25, -0.2) is 0 Å². The first-order valence-corrected chi connectivity index (χ1v) is 10.5. The molecule has 2 rings (SSSR count). The van der Waals surface area contributed by atoms with Crippen molar-refractivity contribution in [2.45, 2.75) is 53.4 Å². The highest BCUT2D eigenvalue weighted by atomic mass is 31.1. The highest BCUT2D eigenvalue weighted by molar-refractivity contribution is 7.56. The van der Waals surface area contributed by atoms with Crippen molar-refractivity contribution in [3.8, 4) is 11.5 Å². The normalized spacial score (nSPS) is 10.7. The Morgan fingerprint density at radius 2 is 1.12 bits per heavy atom. The Labute approximate surface area is 154 Å². The second-order valence-electron chi connectivity index (χ2n) is 6.15. The fourth-order valence-electron chi connectivity index (χ4n) is 2.92. The quantitative estimate of drug-likeness (QED) is 0.555. The lowest BCUT2D eigenvalue weighted by Gasteiger charge is -2.15. The molecule has 0 atom stereocenters. The van der Waals surface area contributed by atoms with Gasteiger partial charge in [0.05, 0.1) is 13.2 Å². The minimum absolute atomic E-state index is 0.541. The van der Waals surface area contributed by atoms with Gasteiger partial charge in [0, 0.05) is 10.6 Å². The molecular weight excluding hydrogens is 327 g/mol. The van der Waals surface area contributed by atoms with Crippen LogP contribution >= 0.6 is 8.58 Å². The molecule has 0 aromatic heterocycles. The maximum Gasteiger partial charge on any atom is 0.127 e. The van der Waals surface area contributed by atoms with Crippen molar-refractivity contribution in [2.24, 2.45) is 0 Å². The van der Waals surface area contributed by atoms with Crippen LogP contribution in [0, 0.1) is 0 Å². The summed E-state index contributed by atoms with van der Waals surface area (Å²) >= 11 is 0. The van der Waals surface area contributed by atoms with E-state index in [1.165, 1.54) is 21.7 Å². The van der Waals surface area contributed by atoms with E-state index in [1.807, 2.05) is 13.8 Å². The van der Waals surface area contributed by atoms with Crippen LogP contribution in [0.25, 0.3) is 0 Å². The van der Waals surface area contributed by atoms with E-state index in [0.29, 0.717) is 21.8 Å². The van der Waals surface area contributed by atoms with E-state index >= 15 is 0 Å². The van der Waals surface area contributed by atoms with Crippen molar-refractivity contribution in [1.82, 2.24) is 0 Å². The zero-order chi connectivity index (χ0) is 18.1. The van der Waals surface area contributed by atoms with Crippen molar-refractivity contribution in [3.63, 3.8) is 0 Å². The van der Waals surface area contributed by atoms with Crippen LogP contribution in [0.5, 0.6) is 11.5 Å². The van der Waals surface area contributed by atoms with E-state index in [-0.39, 0.29) is 0 Å². The van der Waals surface area contributed by atoms with E-state index in [9.17, 15) is 0 Å². The molecule has 0 fully saturated rings. The molecule has 0 saturated heterocycles. The number of hydrogen-bond donors (Lipinski definition) is 0. The predicted molar refractivity (Wildman–Crippen MR) is 111 cm³/mol. The second kappa shape index (κ2) is 10.5. The molecule has 0 saturated carbocycles. The molecule has 0 aliphatic carbocycles. The topological polar surface area (TPSA) is 18.5 Å². The number of benzene rings is 2. The zero-order valence-corrected chi connectivity index (χ0v) is 17.0. The van der Waals surface area contributed by atoms with Gasteiger partial charge in [0.2, 0.25) is 0 Å². The average molecular weight is 358 g/mol. The Morgan fingerprint density at radius 3 is 1.48 bits per heavy atom. The van der Waals surface area contributed by atoms with Gasteiger partial charge < -0.3 is 9.47 Å². The Balaban J connectivity index is 2.31. The van der Waals surface area contributed by atoms with Crippen LogP contribution in [0.3, 0.4) is 0 Å². The van der Waals surface area contributed by atoms with Crippen molar-refractivity contribution >= 4 is 19.2 Å². The minimum atomic E-state index is 0.541. The van der Waals surface area contributed by atoms with Gasteiger partial charge in [-0.1, -0.05) is 59.5 Å². The van der Waals surface area contributed by atoms with Gasteiger partial charge in [-0.15, -0.1) is 0 Å². The van der Waals surface area contributed by atoms with Gasteiger partial charge >= 0.3 is 0 Å². The molecule has 0 spiro atoms. The number of aryl methyl sites for hydroxylation is 2. The van der Waals surface area contributed by atoms with E-state index < -0.39 is 0 Å². The summed E-state index contributed by atoms with van der Waals surface area (Å²) in [5.74, 6) is 2.04. The average Bonchev–Trinajstić information content (AvgIpc) is 2.60. The highest BCUT2D eigenvalue weighted by Crippen LogP contribution is 2.26. The van der Waals surface area contributed by atoms with Crippen LogP contribution < -0.4 is 20.1 Å². The van der Waals surface area contributed by atoms with Crippen LogP contribution in [-0.2, 0) is 12.8 Å². The second-order valence-corrected chi connectivity index (χ2v) is 7.48. The molecule has 0 aliphatic heterocycles. The van der Waals surface area contributed by atoms with E-state index in [4.69, 9.17) is 9.47 Å². The summed E-state index contributed by atoms with van der Waals surface area (Å²) in [5.41, 5.74) is 2.70. The van der Waals surface area contributed by atoms with Crippen molar-refractivity contribution in [2.75, 3.05) is 13.2 Å². The predicted octanol–water partition coefficient (Wildman–Crippen LogP) is 5.02. The molecule has 0 bridgehead atoms. The standard InChI is InChI=1S/C22H31O2P/c1-5-9-17-11-13-21(19(15-17)23-7-3)25-22-14-12-18(10-6-2)16-20(22)24-8-4/h11-16,25H,5-10H2,1-4H3. The Kier molecular flexibility index (Phi) is 8.28. The minimum Gasteiger partial charge on any atom is -0.493 e. The van der Waals surface area contributed by atoms with E-state index in [2.05, 4.69) is 50.2 Å². The van der Waals surface area contributed by atoms with Crippen molar-refractivity contribution in [3.05, 3.63) is 47.5 Å². The smallest absolute Gasteiger partial charge is 0.127 e. The lowest BCUT2D eigenvalue weighted by Crippen LogP contribution is -2.12. The molecule has 2 aromatic carbocycles. The van der Waals surface area contributed by atoms with Gasteiger partial charge in [0.25, 0.3) is 0 Å². The highest BCUT2D eigenvalue weighted by Gasteiger charge is 2.11. The van der Waals surface area contributed by atoms with Crippen LogP contribution in [-0.4, -0.2) is 13.2 Å². The summed E-state index contributed by atoms with van der Waals surface area (Å²) in [6, 6.07) is 13.3. The maximum absolute atomic E-state index is 5.92. The first-order valence-electron chi connectivity index (χ1n) is 9.50. The fraction of sp³-hybridized carbons (Fsp3) is 0.455. The number of rotatable bonds is 10. The third kappa shape index (κ3) is 5.75. The lowest BCUT2D eigenvalue weighted by molar-refractivity contribution is 0.342. The zero-order valence-electron chi connectivity index (χ0n) is 16.0. The summed E-state index contributed by atoms with van der Waals surface area (Å²) in [5, 5.41) is 2.51. The molecule has 2 aromatic rings. The lowest BCUT2D eigenvalue weighted by atomic mass is 10.1. The molecule has 3 heteroatoms. The Morgan fingerprint density at radius 1 is 0.680 bits per heavy atom. The summed E-state index contributed by atoms with van der Waals surface area (Å²) in [6.45, 7) is 9.90. The third-order valence-electron chi connectivity index (χ3n) is 4.04. The molecule has 0 N–H and O–H groups in total. The third-order valence-corrected chi connectivity index (χ3v) is 5.40. The Bertz CT molecular complexity index is 610. The molecule has 25 heavy (non-hydrogen) atoms. The van der Waals surface area contributed by atoms with Crippen LogP contribution in [0.4, 0.5) is 0 Å². The SMILES string of the molecule is CCCc1ccc(Pc2ccc(CCC)cc2OCC)c(OCC)c1. The largest absolute Gasteiger partial charge is 0.493 e. The van der Waals surface area contributed by atoms with Gasteiger partial charge in [-0.05, 0) is 49.9 Å². The van der Waals surface area contributed by atoms with Crippen LogP contribution in [0.15, 0.2) is 36.4 Å². The van der Waals surface area contributed by atoms with Crippen LogP contribution in [0.1, 0.15) is 51.7 Å². The maximum atomic E-state index is 5.92. The van der Waals surface area contributed by atoms with E-state index in [0.717, 1.165) is 37.2 Å². The fourth-order valence-corrected chi connectivity index (χ4v) is 4.08. The van der Waals surface area contributed by atoms with E-state index in [1.54, 1.807) is 0 Å². The summed E-state index contributed by atoms with van der Waals surface area (Å²) in [6.07, 6.45) is 4.50. The monoisotopic (exact) mass is 358 g/mol. The molecule has 0 amide bonds. The summed E-state index contributed by atoms with van der Waals surface area (Å²) in [4.78, 5) is 0. The Hall–Kier alpha value is -1.53. The van der Waals surface area contributed by atoms with Gasteiger partial charge in [0.15, 0.2) is 0 Å². The number of hydrogen-bond acceptors (Lipinski definition) is 2. The first kappa shape index (κ1) is 19.8. The van der Waals surface area contributed by atoms with Gasteiger partial charge in [0.1, 0.15) is 11.5 Å². The van der Waals surface area contributed by atoms with Crippen LogP contribution in [0.2, 0.25) is 0 Å². The summed E-state index contributed by atoms with van der Waals surface area (Å²) < 4.78 is 11.8. The molecule has 2 nitrogen and oxygen atoms in total. The molecule has 0 unspecified atom stereocenters. The van der Waals surface area contributed by atoms with Gasteiger partial charge in [-0.3, -0.25) is 0 Å². The van der Waals surface area contributed by atoms with Gasteiger partial charge in [-0.2, -0.15) is 0 Å². The summed E-state index contributed by atoms with van der Waals surface area (Å²) in [7, 11) is 0.541. The molecule has 0 heterocycles. The molecular formula is C22H31O2P. The van der Waals surface area contributed by atoms with Crippen molar-refractivity contribution in [1.29, 1.82) is 0 Å².